The molecule has 6 heterocycles. The van der Waals surface area contributed by atoms with E-state index < -0.39 is 18.2 Å². The molecule has 3 aromatic carbocycles. The minimum atomic E-state index is -0.756. The maximum Gasteiger partial charge on any atom is 0.407 e. The number of carbonyl (C=O) groups excluding carboxylic acids is 4. The molecule has 1 saturated carbocycles. The molecular formula is C47H50N8O7. The molecule has 3 fully saturated rings. The number of likely N-dealkylation sites (tertiary alicyclic amines) is 2. The lowest BCUT2D eigenvalue weighted by Gasteiger charge is -2.30. The summed E-state index contributed by atoms with van der Waals surface area (Å²) < 4.78 is 17.7. The molecule has 4 N–H and O–H groups in total. The second-order valence-electron chi connectivity index (χ2n) is 17.3. The highest BCUT2D eigenvalue weighted by Gasteiger charge is 2.40. The summed E-state index contributed by atoms with van der Waals surface area (Å²) in [6.45, 7) is 5.64. The van der Waals surface area contributed by atoms with Crippen molar-refractivity contribution < 1.29 is 33.4 Å². The van der Waals surface area contributed by atoms with Crippen LogP contribution in [0.1, 0.15) is 98.8 Å². The number of amides is 4. The Bertz CT molecular complexity index is 2510. The zero-order valence-corrected chi connectivity index (χ0v) is 35.0. The second kappa shape index (κ2) is 16.0. The molecule has 1 unspecified atom stereocenters. The molecule has 4 atom stereocenters. The van der Waals surface area contributed by atoms with Crippen LogP contribution in [0, 0.1) is 11.8 Å². The molecule has 0 radical (unpaired) electrons. The van der Waals surface area contributed by atoms with Gasteiger partial charge in [-0.25, -0.2) is 14.8 Å². The van der Waals surface area contributed by atoms with Crippen molar-refractivity contribution in [3.8, 4) is 45.1 Å². The van der Waals surface area contributed by atoms with Crippen molar-refractivity contribution in [2.75, 3.05) is 20.2 Å². The smallest absolute Gasteiger partial charge is 0.407 e. The number of aromatic amines is 2. The number of hydrogen-bond donors (Lipinski definition) is 4. The largest absolute Gasteiger partial charge is 0.488 e. The first-order valence-electron chi connectivity index (χ1n) is 21.7. The van der Waals surface area contributed by atoms with Crippen molar-refractivity contribution in [2.24, 2.45) is 11.8 Å². The molecule has 0 bridgehead atoms. The number of H-pyrrole nitrogens is 2. The van der Waals surface area contributed by atoms with Crippen molar-refractivity contribution >= 4 is 23.8 Å². The molecule has 15 heteroatoms. The number of ether oxygens (including phenoxy) is 3. The molecule has 320 valence electrons. The first-order valence-corrected chi connectivity index (χ1v) is 21.7. The van der Waals surface area contributed by atoms with Gasteiger partial charge in [-0.05, 0) is 74.3 Å². The van der Waals surface area contributed by atoms with Gasteiger partial charge in [0.15, 0.2) is 0 Å². The summed E-state index contributed by atoms with van der Waals surface area (Å²) >= 11 is 0. The molecule has 2 aromatic heterocycles. The molecule has 62 heavy (non-hydrogen) atoms. The van der Waals surface area contributed by atoms with Crippen LogP contribution < -0.4 is 20.1 Å². The van der Waals surface area contributed by atoms with E-state index in [0.717, 1.165) is 100 Å². The minimum Gasteiger partial charge on any atom is -0.488 e. The molecule has 10 rings (SSSR count). The molecule has 5 aromatic rings. The van der Waals surface area contributed by atoms with Gasteiger partial charge in [0.2, 0.25) is 17.7 Å². The summed E-state index contributed by atoms with van der Waals surface area (Å²) in [5, 5.41) is 5.76. The van der Waals surface area contributed by atoms with Gasteiger partial charge in [-0.3, -0.25) is 14.4 Å². The van der Waals surface area contributed by atoms with E-state index in [1.807, 2.05) is 67.4 Å². The van der Waals surface area contributed by atoms with Crippen molar-refractivity contribution in [3.05, 3.63) is 95.3 Å². The molecule has 4 amide bonds. The lowest BCUT2D eigenvalue weighted by Crippen LogP contribution is -2.51. The Balaban J connectivity index is 0.875. The highest BCUT2D eigenvalue weighted by Crippen LogP contribution is 2.51. The first-order chi connectivity index (χ1) is 30.1. The van der Waals surface area contributed by atoms with Crippen LogP contribution >= 0.6 is 0 Å². The summed E-state index contributed by atoms with van der Waals surface area (Å²) in [4.78, 5) is 73.1. The normalized spacial score (nSPS) is 19.6. The molecule has 0 spiro atoms. The summed E-state index contributed by atoms with van der Waals surface area (Å²) in [5.41, 5.74) is 8.22. The van der Waals surface area contributed by atoms with Crippen molar-refractivity contribution in [1.82, 2.24) is 40.4 Å². The lowest BCUT2D eigenvalue weighted by atomic mass is 9.87. The fourth-order valence-electron chi connectivity index (χ4n) is 9.51. The SMILES string of the molecule is COC(=O)NC(C(=O)N1CCC[C@H]1c1ncc(-c2cc3c4c(c2)OCc2cc(-c5cnc([C@@H]6CCCN6C(=O)[C@H](NC(=O)C6CC6)c6ccccc6)[nH]5)cc(c2-4)OC3)[nH]1)C(C)C. The van der Waals surface area contributed by atoms with Gasteiger partial charge in [-0.1, -0.05) is 44.2 Å². The topological polar surface area (TPSA) is 184 Å². The number of benzene rings is 3. The van der Waals surface area contributed by atoms with E-state index in [9.17, 15) is 19.2 Å². The van der Waals surface area contributed by atoms with Gasteiger partial charge in [0, 0.05) is 52.4 Å². The van der Waals surface area contributed by atoms with Crippen LogP contribution in [0.15, 0.2) is 67.0 Å². The van der Waals surface area contributed by atoms with Gasteiger partial charge in [0.1, 0.15) is 48.4 Å². The van der Waals surface area contributed by atoms with Crippen LogP contribution in [0.25, 0.3) is 33.6 Å². The van der Waals surface area contributed by atoms with Gasteiger partial charge in [-0.15, -0.1) is 0 Å². The van der Waals surface area contributed by atoms with Crippen molar-refractivity contribution in [1.29, 1.82) is 0 Å². The quantitative estimate of drug-likeness (QED) is 0.110. The Morgan fingerprint density at radius 2 is 1.29 bits per heavy atom. The molecule has 5 aliphatic rings. The minimum absolute atomic E-state index is 0.0149. The fourth-order valence-corrected chi connectivity index (χ4v) is 9.51. The summed E-state index contributed by atoms with van der Waals surface area (Å²) in [6.07, 6.45) is 7.87. The van der Waals surface area contributed by atoms with Crippen LogP contribution in [0.4, 0.5) is 4.79 Å². The van der Waals surface area contributed by atoms with Gasteiger partial charge >= 0.3 is 6.09 Å². The molecule has 1 aliphatic carbocycles. The second-order valence-corrected chi connectivity index (χ2v) is 17.3. The number of nitrogens with one attached hydrogen (secondary N) is 4. The Morgan fingerprint density at radius 1 is 0.742 bits per heavy atom. The third-order valence-corrected chi connectivity index (χ3v) is 12.9. The van der Waals surface area contributed by atoms with E-state index in [-0.39, 0.29) is 41.6 Å². The van der Waals surface area contributed by atoms with Crippen LogP contribution in [0.3, 0.4) is 0 Å². The number of nitrogens with zero attached hydrogens (tertiary/aromatic N) is 4. The number of carbonyl (C=O) groups is 4. The third kappa shape index (κ3) is 7.22. The average Bonchev–Trinajstić information content (AvgIpc) is 3.74. The maximum atomic E-state index is 14.2. The van der Waals surface area contributed by atoms with E-state index >= 15 is 0 Å². The van der Waals surface area contributed by atoms with Crippen molar-refractivity contribution in [3.63, 3.8) is 0 Å². The summed E-state index contributed by atoms with van der Waals surface area (Å²) in [7, 11) is 1.29. The van der Waals surface area contributed by atoms with E-state index in [0.29, 0.717) is 38.0 Å². The number of methoxy groups -OCH3 is 1. The first kappa shape index (κ1) is 39.5. The predicted octanol–water partition coefficient (Wildman–Crippen LogP) is 6.89. The lowest BCUT2D eigenvalue weighted by molar-refractivity contribution is -0.138. The fraction of sp³-hybridized carbons (Fsp3) is 0.404. The van der Waals surface area contributed by atoms with Gasteiger partial charge < -0.3 is 44.6 Å². The van der Waals surface area contributed by atoms with Gasteiger partial charge in [0.05, 0.1) is 43.0 Å². The number of rotatable bonds is 11. The molecule has 2 saturated heterocycles. The molecule has 4 aliphatic heterocycles. The monoisotopic (exact) mass is 838 g/mol. The third-order valence-electron chi connectivity index (χ3n) is 12.9. The average molecular weight is 839 g/mol. The zero-order valence-electron chi connectivity index (χ0n) is 35.0. The van der Waals surface area contributed by atoms with Crippen molar-refractivity contribution in [2.45, 2.75) is 89.8 Å². The van der Waals surface area contributed by atoms with E-state index in [1.54, 1.807) is 11.1 Å². The Hall–Kier alpha value is -6.64. The highest BCUT2D eigenvalue weighted by atomic mass is 16.5. The van der Waals surface area contributed by atoms with Crippen LogP contribution in [0.2, 0.25) is 0 Å². The Morgan fingerprint density at radius 3 is 1.81 bits per heavy atom. The summed E-state index contributed by atoms with van der Waals surface area (Å²) in [5.74, 6) is 2.45. The molecule has 15 nitrogen and oxygen atoms in total. The maximum absolute atomic E-state index is 14.2. The number of imidazole rings is 2. The highest BCUT2D eigenvalue weighted by molar-refractivity contribution is 5.91. The molecular weight excluding hydrogens is 789 g/mol. The zero-order chi connectivity index (χ0) is 42.6. The van der Waals surface area contributed by atoms with Gasteiger partial charge in [-0.2, -0.15) is 0 Å². The van der Waals surface area contributed by atoms with Gasteiger partial charge in [0.25, 0.3) is 0 Å². The summed E-state index contributed by atoms with van der Waals surface area (Å²) in [6, 6.07) is 15.8. The Kier molecular flexibility index (Phi) is 10.2. The van der Waals surface area contributed by atoms with Crippen LogP contribution in [-0.4, -0.2) is 79.8 Å². The van der Waals surface area contributed by atoms with Crippen LogP contribution in [-0.2, 0) is 32.3 Å². The number of aromatic nitrogens is 4. The van der Waals surface area contributed by atoms with E-state index in [1.165, 1.54) is 7.11 Å². The van der Waals surface area contributed by atoms with E-state index in [4.69, 9.17) is 24.2 Å². The number of hydrogen-bond acceptors (Lipinski definition) is 9. The number of alkyl carbamates (subject to hydrolysis) is 1. The Labute approximate surface area is 358 Å². The predicted molar refractivity (Wildman–Crippen MR) is 227 cm³/mol. The van der Waals surface area contributed by atoms with Crippen LogP contribution in [0.5, 0.6) is 11.5 Å². The van der Waals surface area contributed by atoms with E-state index in [2.05, 4.69) is 32.7 Å². The standard InChI is InChI=1S/C47H50N8O7/c1-25(2)40(53-47(59)60-3)45(57)54-15-7-11-34(54)42-48-21-32(50-42)28-17-30-23-62-37-20-29(18-31-24-61-36(19-28)38(30)39(31)37)33-22-49-43(51-33)35-12-8-16-55(35)46(58)41(26-9-5-4-6-10-26)52-44(56)27-13-14-27/h4-6,9-10,17-22,25,27,34-35,40-41H,7-8,11-16,23-24H2,1-3H3,(H,48,50)(H,49,51)(H,52,56)(H,53,59)/t34-,35-,40?,41+/m0/s1.